The number of benzene rings is 2. The number of hydrogen-bond acceptors (Lipinski definition) is 1. The highest BCUT2D eigenvalue weighted by molar-refractivity contribution is 5.65. The molecule has 1 aromatic heterocycles. The van der Waals surface area contributed by atoms with Crippen molar-refractivity contribution >= 4 is 6.08 Å². The number of hydrogen-bond donors (Lipinski definition) is 0. The molecule has 0 amide bonds. The van der Waals surface area contributed by atoms with Crippen LogP contribution in [0.2, 0.25) is 0 Å². The summed E-state index contributed by atoms with van der Waals surface area (Å²) in [6.07, 6.45) is 7.25. The molecule has 0 aliphatic heterocycles. The Kier molecular flexibility index (Phi) is 4.19. The maximum absolute atomic E-state index is 4.51. The molecule has 1 heterocycles. The Labute approximate surface area is 131 Å². The number of allylic oxidation sites excluding steroid dienone is 1. The van der Waals surface area contributed by atoms with Gasteiger partial charge in [0.15, 0.2) is 0 Å². The summed E-state index contributed by atoms with van der Waals surface area (Å²) in [5.74, 6) is 0. The van der Waals surface area contributed by atoms with Gasteiger partial charge in [-0.3, -0.25) is 0 Å². The molecule has 110 valence electrons. The van der Waals surface area contributed by atoms with Crippen LogP contribution in [0.3, 0.4) is 0 Å². The molecule has 0 atom stereocenters. The highest BCUT2D eigenvalue weighted by Crippen LogP contribution is 2.22. The van der Waals surface area contributed by atoms with Crippen LogP contribution >= 0.6 is 0 Å². The second-order valence-corrected chi connectivity index (χ2v) is 5.35. The van der Waals surface area contributed by atoms with Gasteiger partial charge in [-0.05, 0) is 48.2 Å². The summed E-state index contributed by atoms with van der Waals surface area (Å²) in [6.45, 7) is 4.23. The third-order valence-electron chi connectivity index (χ3n) is 3.73. The third-order valence-corrected chi connectivity index (χ3v) is 3.73. The Balaban J connectivity index is 1.96. The standard InChI is InChI=1S/C20H20N2/c1-3-4-10-20-16(2)15-21-22(20)19-13-11-18(12-14-19)17-8-6-5-7-9-17/h4-15H,3H2,1-2H3/b10-4+. The fraction of sp³-hybridized carbons (Fsp3) is 0.150. The third kappa shape index (κ3) is 2.86. The SMILES string of the molecule is CC/C=C/c1c(C)cnn1-c1ccc(-c2ccccc2)cc1. The first-order chi connectivity index (χ1) is 10.8. The quantitative estimate of drug-likeness (QED) is 0.639. The molecular weight excluding hydrogens is 268 g/mol. The van der Waals surface area contributed by atoms with Crippen molar-refractivity contribution in [3.05, 3.63) is 78.1 Å². The highest BCUT2D eigenvalue weighted by Gasteiger charge is 2.06. The van der Waals surface area contributed by atoms with Gasteiger partial charge in [0.1, 0.15) is 0 Å². The smallest absolute Gasteiger partial charge is 0.0694 e. The lowest BCUT2D eigenvalue weighted by molar-refractivity contribution is 0.870. The first-order valence-corrected chi connectivity index (χ1v) is 7.66. The lowest BCUT2D eigenvalue weighted by atomic mass is 10.1. The van der Waals surface area contributed by atoms with E-state index < -0.39 is 0 Å². The van der Waals surface area contributed by atoms with Gasteiger partial charge in [-0.25, -0.2) is 4.68 Å². The zero-order valence-corrected chi connectivity index (χ0v) is 13.0. The predicted octanol–water partition coefficient (Wildman–Crippen LogP) is 5.27. The van der Waals surface area contributed by atoms with Gasteiger partial charge in [0.25, 0.3) is 0 Å². The minimum absolute atomic E-state index is 1.03. The summed E-state index contributed by atoms with van der Waals surface area (Å²) in [5.41, 5.74) is 5.88. The summed E-state index contributed by atoms with van der Waals surface area (Å²) in [4.78, 5) is 0. The normalized spacial score (nSPS) is 11.2. The van der Waals surface area contributed by atoms with Gasteiger partial charge in [0.2, 0.25) is 0 Å². The van der Waals surface area contributed by atoms with Crippen molar-refractivity contribution in [1.29, 1.82) is 0 Å². The van der Waals surface area contributed by atoms with Crippen LogP contribution in [-0.2, 0) is 0 Å². The maximum Gasteiger partial charge on any atom is 0.0694 e. The van der Waals surface area contributed by atoms with E-state index in [0.717, 1.165) is 17.8 Å². The van der Waals surface area contributed by atoms with E-state index >= 15 is 0 Å². The van der Waals surface area contributed by atoms with Gasteiger partial charge in [-0.2, -0.15) is 5.10 Å². The van der Waals surface area contributed by atoms with Crippen LogP contribution in [0.5, 0.6) is 0 Å². The zero-order chi connectivity index (χ0) is 15.4. The Morgan fingerprint density at radius 1 is 0.955 bits per heavy atom. The van der Waals surface area contributed by atoms with Crippen molar-refractivity contribution in [2.75, 3.05) is 0 Å². The van der Waals surface area contributed by atoms with E-state index in [1.54, 1.807) is 0 Å². The van der Waals surface area contributed by atoms with E-state index in [9.17, 15) is 0 Å². The van der Waals surface area contributed by atoms with Gasteiger partial charge in [-0.15, -0.1) is 0 Å². The molecule has 3 rings (SSSR count). The lowest BCUT2D eigenvalue weighted by Crippen LogP contribution is -1.99. The monoisotopic (exact) mass is 288 g/mol. The van der Waals surface area contributed by atoms with Crippen molar-refractivity contribution in [2.45, 2.75) is 20.3 Å². The number of aryl methyl sites for hydroxylation is 1. The molecule has 2 heteroatoms. The van der Waals surface area contributed by atoms with Crippen LogP contribution in [0.15, 0.2) is 66.9 Å². The van der Waals surface area contributed by atoms with Crippen LogP contribution < -0.4 is 0 Å². The molecule has 22 heavy (non-hydrogen) atoms. The maximum atomic E-state index is 4.51. The van der Waals surface area contributed by atoms with E-state index in [2.05, 4.69) is 79.6 Å². The molecule has 0 saturated heterocycles. The first-order valence-electron chi connectivity index (χ1n) is 7.66. The average molecular weight is 288 g/mol. The van der Waals surface area contributed by atoms with Crippen molar-refractivity contribution < 1.29 is 0 Å². The molecule has 2 nitrogen and oxygen atoms in total. The van der Waals surface area contributed by atoms with Crippen LogP contribution in [0.4, 0.5) is 0 Å². The molecule has 0 spiro atoms. The summed E-state index contributed by atoms with van der Waals surface area (Å²) in [5, 5.41) is 4.51. The number of rotatable bonds is 4. The summed E-state index contributed by atoms with van der Waals surface area (Å²) >= 11 is 0. The van der Waals surface area contributed by atoms with Gasteiger partial charge in [0, 0.05) is 0 Å². The van der Waals surface area contributed by atoms with Gasteiger partial charge < -0.3 is 0 Å². The van der Waals surface area contributed by atoms with E-state index in [0.29, 0.717) is 0 Å². The molecule has 2 aromatic carbocycles. The van der Waals surface area contributed by atoms with Crippen LogP contribution in [-0.4, -0.2) is 9.78 Å². The average Bonchev–Trinajstić information content (AvgIpc) is 2.94. The Bertz CT molecular complexity index is 765. The van der Waals surface area contributed by atoms with Crippen LogP contribution in [0.25, 0.3) is 22.9 Å². The van der Waals surface area contributed by atoms with Crippen molar-refractivity contribution in [3.8, 4) is 16.8 Å². The minimum Gasteiger partial charge on any atom is -0.233 e. The minimum atomic E-state index is 1.03. The topological polar surface area (TPSA) is 17.8 Å². The van der Waals surface area contributed by atoms with E-state index in [1.165, 1.54) is 16.7 Å². The molecule has 0 aliphatic carbocycles. The zero-order valence-electron chi connectivity index (χ0n) is 13.0. The van der Waals surface area contributed by atoms with E-state index in [1.807, 2.05) is 16.9 Å². The fourth-order valence-corrected chi connectivity index (χ4v) is 2.50. The summed E-state index contributed by atoms with van der Waals surface area (Å²) < 4.78 is 2.00. The first kappa shape index (κ1) is 14.3. The van der Waals surface area contributed by atoms with Gasteiger partial charge in [0.05, 0.1) is 17.6 Å². The Morgan fingerprint density at radius 3 is 2.32 bits per heavy atom. The number of aromatic nitrogens is 2. The van der Waals surface area contributed by atoms with E-state index in [-0.39, 0.29) is 0 Å². The van der Waals surface area contributed by atoms with Gasteiger partial charge in [-0.1, -0.05) is 55.5 Å². The molecule has 0 aliphatic rings. The second-order valence-electron chi connectivity index (χ2n) is 5.35. The molecule has 3 aromatic rings. The van der Waals surface area contributed by atoms with Crippen molar-refractivity contribution in [2.24, 2.45) is 0 Å². The van der Waals surface area contributed by atoms with Crippen LogP contribution in [0, 0.1) is 6.92 Å². The molecule has 0 bridgehead atoms. The second kappa shape index (κ2) is 6.44. The van der Waals surface area contributed by atoms with Crippen molar-refractivity contribution in [1.82, 2.24) is 9.78 Å². The van der Waals surface area contributed by atoms with E-state index in [4.69, 9.17) is 0 Å². The molecule has 0 radical (unpaired) electrons. The Morgan fingerprint density at radius 2 is 1.64 bits per heavy atom. The van der Waals surface area contributed by atoms with Crippen LogP contribution in [0.1, 0.15) is 24.6 Å². The van der Waals surface area contributed by atoms with Gasteiger partial charge >= 0.3 is 0 Å². The number of nitrogens with zero attached hydrogens (tertiary/aromatic N) is 2. The lowest BCUT2D eigenvalue weighted by Gasteiger charge is -2.07. The molecule has 0 unspecified atom stereocenters. The summed E-state index contributed by atoms with van der Waals surface area (Å²) in [6, 6.07) is 19.0. The summed E-state index contributed by atoms with van der Waals surface area (Å²) in [7, 11) is 0. The Hall–Kier alpha value is -2.61. The highest BCUT2D eigenvalue weighted by atomic mass is 15.3. The largest absolute Gasteiger partial charge is 0.233 e. The van der Waals surface area contributed by atoms with Crippen molar-refractivity contribution in [3.63, 3.8) is 0 Å². The molecule has 0 fully saturated rings. The predicted molar refractivity (Wildman–Crippen MR) is 93.1 cm³/mol. The molecule has 0 saturated carbocycles. The fourth-order valence-electron chi connectivity index (χ4n) is 2.50. The molecule has 0 N–H and O–H groups in total. The molecular formula is C20H20N2.